The number of piperidine rings is 1. The molecule has 2 fully saturated rings. The van der Waals surface area contributed by atoms with Crippen molar-refractivity contribution in [3.63, 3.8) is 0 Å². The van der Waals surface area contributed by atoms with Gasteiger partial charge in [-0.05, 0) is 43.9 Å². The highest BCUT2D eigenvalue weighted by atomic mass is 35.5. The van der Waals surface area contributed by atoms with Crippen molar-refractivity contribution in [2.45, 2.75) is 44.3 Å². The third kappa shape index (κ3) is 3.25. The molecule has 2 aliphatic rings. The minimum Gasteiger partial charge on any atom is -0.388 e. The number of likely N-dealkylation sites (tertiary alicyclic amines) is 1. The SMILES string of the molecule is CCC1(O)CCN(C(=O)c2ccc(N3CCCC3)c(Cl)c2)CC1O. The molecule has 2 unspecified atom stereocenters. The molecule has 0 aliphatic carbocycles. The van der Waals surface area contributed by atoms with E-state index < -0.39 is 11.7 Å². The summed E-state index contributed by atoms with van der Waals surface area (Å²) in [6.45, 7) is 4.43. The van der Waals surface area contributed by atoms with E-state index in [1.807, 2.05) is 13.0 Å². The molecule has 3 rings (SSSR count). The van der Waals surface area contributed by atoms with Crippen molar-refractivity contribution in [3.05, 3.63) is 28.8 Å². The monoisotopic (exact) mass is 352 g/mol. The molecule has 0 aromatic heterocycles. The van der Waals surface area contributed by atoms with Gasteiger partial charge in [0.15, 0.2) is 0 Å². The van der Waals surface area contributed by atoms with Gasteiger partial charge in [0.25, 0.3) is 5.91 Å². The topological polar surface area (TPSA) is 64.0 Å². The van der Waals surface area contributed by atoms with Crippen LogP contribution in [0.25, 0.3) is 0 Å². The van der Waals surface area contributed by atoms with Gasteiger partial charge in [0.05, 0.1) is 16.3 Å². The molecule has 132 valence electrons. The van der Waals surface area contributed by atoms with E-state index in [4.69, 9.17) is 11.6 Å². The van der Waals surface area contributed by atoms with Crippen LogP contribution >= 0.6 is 11.6 Å². The van der Waals surface area contributed by atoms with Gasteiger partial charge in [-0.25, -0.2) is 0 Å². The zero-order valence-corrected chi connectivity index (χ0v) is 14.8. The Morgan fingerprint density at radius 3 is 2.62 bits per heavy atom. The number of hydrogen-bond donors (Lipinski definition) is 2. The van der Waals surface area contributed by atoms with Crippen molar-refractivity contribution < 1.29 is 15.0 Å². The second-order valence-corrected chi connectivity index (χ2v) is 7.24. The van der Waals surface area contributed by atoms with Crippen LogP contribution in [0.5, 0.6) is 0 Å². The number of carbonyl (C=O) groups is 1. The van der Waals surface area contributed by atoms with Crippen molar-refractivity contribution in [3.8, 4) is 0 Å². The quantitative estimate of drug-likeness (QED) is 0.876. The van der Waals surface area contributed by atoms with E-state index in [1.54, 1.807) is 17.0 Å². The van der Waals surface area contributed by atoms with Crippen molar-refractivity contribution >= 4 is 23.2 Å². The van der Waals surface area contributed by atoms with Gasteiger partial charge in [-0.3, -0.25) is 4.79 Å². The summed E-state index contributed by atoms with van der Waals surface area (Å²) in [5.41, 5.74) is 0.412. The Bertz CT molecular complexity index is 618. The second kappa shape index (κ2) is 6.90. The molecule has 0 radical (unpaired) electrons. The minimum atomic E-state index is -1.09. The predicted molar refractivity (Wildman–Crippen MR) is 94.7 cm³/mol. The summed E-state index contributed by atoms with van der Waals surface area (Å²) in [6.07, 6.45) is 2.29. The largest absolute Gasteiger partial charge is 0.388 e. The van der Waals surface area contributed by atoms with E-state index in [0.29, 0.717) is 30.0 Å². The molecule has 2 saturated heterocycles. The number of aliphatic hydroxyl groups excluding tert-OH is 1. The Hall–Kier alpha value is -1.30. The van der Waals surface area contributed by atoms with E-state index in [0.717, 1.165) is 18.8 Å². The lowest BCUT2D eigenvalue weighted by Crippen LogP contribution is -2.56. The Balaban J connectivity index is 1.72. The lowest BCUT2D eigenvalue weighted by Gasteiger charge is -2.41. The van der Waals surface area contributed by atoms with Gasteiger partial charge in [0.2, 0.25) is 0 Å². The number of anilines is 1. The summed E-state index contributed by atoms with van der Waals surface area (Å²) in [6, 6.07) is 5.42. The number of aliphatic hydroxyl groups is 2. The second-order valence-electron chi connectivity index (χ2n) is 6.83. The van der Waals surface area contributed by atoms with Gasteiger partial charge in [-0.15, -0.1) is 0 Å². The molecule has 24 heavy (non-hydrogen) atoms. The summed E-state index contributed by atoms with van der Waals surface area (Å²) in [7, 11) is 0. The number of rotatable bonds is 3. The highest BCUT2D eigenvalue weighted by Gasteiger charge is 2.40. The van der Waals surface area contributed by atoms with E-state index in [2.05, 4.69) is 4.90 Å². The maximum atomic E-state index is 12.7. The van der Waals surface area contributed by atoms with Crippen molar-refractivity contribution in [1.82, 2.24) is 4.90 Å². The molecule has 6 heteroatoms. The molecule has 0 bridgehead atoms. The maximum absolute atomic E-state index is 12.7. The molecular formula is C18H25ClN2O3. The molecule has 1 aromatic rings. The van der Waals surface area contributed by atoms with Gasteiger partial charge in [0, 0.05) is 31.7 Å². The van der Waals surface area contributed by atoms with Crippen LogP contribution in [0, 0.1) is 0 Å². The smallest absolute Gasteiger partial charge is 0.253 e. The first-order valence-electron chi connectivity index (χ1n) is 8.69. The number of amides is 1. The summed E-state index contributed by atoms with van der Waals surface area (Å²) in [5.74, 6) is -0.151. The van der Waals surface area contributed by atoms with Crippen molar-refractivity contribution in [1.29, 1.82) is 0 Å². The number of halogens is 1. The van der Waals surface area contributed by atoms with Crippen LogP contribution < -0.4 is 4.90 Å². The van der Waals surface area contributed by atoms with Gasteiger partial charge in [-0.1, -0.05) is 18.5 Å². The molecule has 1 amide bonds. The third-order valence-electron chi connectivity index (χ3n) is 5.37. The highest BCUT2D eigenvalue weighted by Crippen LogP contribution is 2.31. The van der Waals surface area contributed by atoms with Crippen LogP contribution in [0.15, 0.2) is 18.2 Å². The fourth-order valence-electron chi connectivity index (χ4n) is 3.60. The number of benzene rings is 1. The number of hydrogen-bond acceptors (Lipinski definition) is 4. The Morgan fingerprint density at radius 1 is 1.33 bits per heavy atom. The zero-order chi connectivity index (χ0) is 17.3. The van der Waals surface area contributed by atoms with Crippen LogP contribution in [0.3, 0.4) is 0 Å². The minimum absolute atomic E-state index is 0.147. The first kappa shape index (κ1) is 17.5. The van der Waals surface area contributed by atoms with E-state index in [9.17, 15) is 15.0 Å². The van der Waals surface area contributed by atoms with E-state index in [-0.39, 0.29) is 12.5 Å². The fraction of sp³-hybridized carbons (Fsp3) is 0.611. The average molecular weight is 353 g/mol. The van der Waals surface area contributed by atoms with Crippen LogP contribution in [0.1, 0.15) is 43.0 Å². The molecule has 0 spiro atoms. The van der Waals surface area contributed by atoms with E-state index >= 15 is 0 Å². The number of carbonyl (C=O) groups excluding carboxylic acids is 1. The lowest BCUT2D eigenvalue weighted by molar-refractivity contribution is -0.114. The van der Waals surface area contributed by atoms with Crippen molar-refractivity contribution in [2.24, 2.45) is 0 Å². The Kier molecular flexibility index (Phi) is 5.04. The molecule has 5 nitrogen and oxygen atoms in total. The van der Waals surface area contributed by atoms with E-state index in [1.165, 1.54) is 12.8 Å². The van der Waals surface area contributed by atoms with Crippen LogP contribution in [-0.4, -0.2) is 58.9 Å². The summed E-state index contributed by atoms with van der Waals surface area (Å²) in [5, 5.41) is 21.1. The third-order valence-corrected chi connectivity index (χ3v) is 5.67. The van der Waals surface area contributed by atoms with Gasteiger partial charge in [0.1, 0.15) is 6.10 Å². The molecular weight excluding hydrogens is 328 g/mol. The maximum Gasteiger partial charge on any atom is 0.253 e. The van der Waals surface area contributed by atoms with Crippen molar-refractivity contribution in [2.75, 3.05) is 31.1 Å². The first-order chi connectivity index (χ1) is 11.4. The zero-order valence-electron chi connectivity index (χ0n) is 14.0. The van der Waals surface area contributed by atoms with Crippen LogP contribution in [0.2, 0.25) is 5.02 Å². The summed E-state index contributed by atoms with van der Waals surface area (Å²) < 4.78 is 0. The number of β-amino-alcohol motifs (C(OH)–C–C–N with tert-alkyl or cyclic N) is 1. The van der Waals surface area contributed by atoms with Gasteiger partial charge < -0.3 is 20.0 Å². The van der Waals surface area contributed by atoms with Gasteiger partial charge >= 0.3 is 0 Å². The standard InChI is InChI=1S/C18H25ClN2O3/c1-2-18(24)7-10-21(12-16(18)22)17(23)13-5-6-15(14(19)11-13)20-8-3-4-9-20/h5-6,11,16,22,24H,2-4,7-10,12H2,1H3. The number of nitrogens with zero attached hydrogens (tertiary/aromatic N) is 2. The average Bonchev–Trinajstić information content (AvgIpc) is 3.11. The van der Waals surface area contributed by atoms with Crippen LogP contribution in [0.4, 0.5) is 5.69 Å². The van der Waals surface area contributed by atoms with Gasteiger partial charge in [-0.2, -0.15) is 0 Å². The molecule has 1 aromatic carbocycles. The first-order valence-corrected chi connectivity index (χ1v) is 9.06. The predicted octanol–water partition coefficient (Wildman–Crippen LogP) is 2.29. The summed E-state index contributed by atoms with van der Waals surface area (Å²) >= 11 is 6.39. The highest BCUT2D eigenvalue weighted by molar-refractivity contribution is 6.33. The fourth-order valence-corrected chi connectivity index (χ4v) is 3.90. The molecule has 0 saturated carbocycles. The summed E-state index contributed by atoms with van der Waals surface area (Å²) in [4.78, 5) is 16.5. The normalized spacial score (nSPS) is 27.6. The molecule has 2 aliphatic heterocycles. The Morgan fingerprint density at radius 2 is 2.04 bits per heavy atom. The lowest BCUT2D eigenvalue weighted by atomic mass is 9.86. The molecule has 2 heterocycles. The Labute approximate surface area is 147 Å². The molecule has 2 atom stereocenters. The van der Waals surface area contributed by atoms with Crippen LogP contribution in [-0.2, 0) is 0 Å². The molecule has 2 N–H and O–H groups in total.